The van der Waals surface area contributed by atoms with E-state index in [9.17, 15) is 0 Å². The molecule has 0 aliphatic carbocycles. The maximum atomic E-state index is 5.75. The maximum absolute atomic E-state index is 5.75. The standard InChI is InChI=1S/C13H21BrN2O/c1-13(2,8-15)9-16(3)10-5-6-12(17-4)11(14)7-10/h5-7H,8-9,15H2,1-4H3. The van der Waals surface area contributed by atoms with Crippen molar-refractivity contribution in [2.75, 3.05) is 32.1 Å². The minimum Gasteiger partial charge on any atom is -0.496 e. The Morgan fingerprint density at radius 2 is 2.06 bits per heavy atom. The van der Waals surface area contributed by atoms with E-state index in [0.29, 0.717) is 6.54 Å². The molecule has 0 radical (unpaired) electrons. The zero-order valence-corrected chi connectivity index (χ0v) is 12.5. The second-order valence-corrected chi connectivity index (χ2v) is 5.90. The highest BCUT2D eigenvalue weighted by molar-refractivity contribution is 9.10. The highest BCUT2D eigenvalue weighted by Crippen LogP contribution is 2.30. The van der Waals surface area contributed by atoms with Crippen molar-refractivity contribution in [2.24, 2.45) is 11.1 Å². The summed E-state index contributed by atoms with van der Waals surface area (Å²) in [6, 6.07) is 6.08. The molecule has 0 atom stereocenters. The third-order valence-corrected chi connectivity index (χ3v) is 3.41. The summed E-state index contributed by atoms with van der Waals surface area (Å²) in [5, 5.41) is 0. The molecule has 0 heterocycles. The average molecular weight is 301 g/mol. The summed E-state index contributed by atoms with van der Waals surface area (Å²) in [5.74, 6) is 0.847. The van der Waals surface area contributed by atoms with Crippen LogP contribution < -0.4 is 15.4 Å². The van der Waals surface area contributed by atoms with Crippen LogP contribution in [0.1, 0.15) is 13.8 Å². The fourth-order valence-corrected chi connectivity index (χ4v) is 2.22. The van der Waals surface area contributed by atoms with Gasteiger partial charge in [-0.15, -0.1) is 0 Å². The molecule has 0 aliphatic rings. The van der Waals surface area contributed by atoms with Crippen LogP contribution in [0.2, 0.25) is 0 Å². The van der Waals surface area contributed by atoms with Gasteiger partial charge in [0, 0.05) is 19.3 Å². The lowest BCUT2D eigenvalue weighted by Gasteiger charge is -2.30. The number of rotatable bonds is 5. The summed E-state index contributed by atoms with van der Waals surface area (Å²) in [6.07, 6.45) is 0. The Labute approximate surface area is 112 Å². The molecule has 17 heavy (non-hydrogen) atoms. The molecule has 0 unspecified atom stereocenters. The Bertz CT molecular complexity index is 380. The molecule has 0 bridgehead atoms. The summed E-state index contributed by atoms with van der Waals surface area (Å²) in [7, 11) is 3.74. The molecule has 0 spiro atoms. The minimum absolute atomic E-state index is 0.112. The van der Waals surface area contributed by atoms with E-state index in [-0.39, 0.29) is 5.41 Å². The number of nitrogens with two attached hydrogens (primary N) is 1. The fourth-order valence-electron chi connectivity index (χ4n) is 1.69. The largest absolute Gasteiger partial charge is 0.496 e. The third-order valence-electron chi connectivity index (χ3n) is 2.79. The number of hydrogen-bond donors (Lipinski definition) is 1. The molecule has 96 valence electrons. The van der Waals surface area contributed by atoms with E-state index in [4.69, 9.17) is 10.5 Å². The lowest BCUT2D eigenvalue weighted by atomic mass is 9.93. The van der Waals surface area contributed by atoms with Gasteiger partial charge >= 0.3 is 0 Å². The van der Waals surface area contributed by atoms with Crippen LogP contribution in [0.5, 0.6) is 5.75 Å². The lowest BCUT2D eigenvalue weighted by molar-refractivity contribution is 0.385. The quantitative estimate of drug-likeness (QED) is 0.909. The molecule has 1 aromatic carbocycles. The van der Waals surface area contributed by atoms with E-state index < -0.39 is 0 Å². The van der Waals surface area contributed by atoms with Crippen LogP contribution in [0.3, 0.4) is 0 Å². The molecule has 0 saturated heterocycles. The van der Waals surface area contributed by atoms with Crippen LogP contribution in [0.15, 0.2) is 22.7 Å². The Balaban J connectivity index is 2.83. The van der Waals surface area contributed by atoms with E-state index in [2.05, 4.69) is 53.9 Å². The van der Waals surface area contributed by atoms with Gasteiger partial charge in [0.05, 0.1) is 11.6 Å². The molecule has 0 aliphatic heterocycles. The van der Waals surface area contributed by atoms with Crippen LogP contribution in [0.4, 0.5) is 5.69 Å². The number of methoxy groups -OCH3 is 1. The maximum Gasteiger partial charge on any atom is 0.133 e. The number of anilines is 1. The first-order chi connectivity index (χ1) is 7.89. The van der Waals surface area contributed by atoms with Gasteiger partial charge in [0.15, 0.2) is 0 Å². The number of ether oxygens (including phenoxy) is 1. The second-order valence-electron chi connectivity index (χ2n) is 5.04. The predicted molar refractivity (Wildman–Crippen MR) is 76.8 cm³/mol. The van der Waals surface area contributed by atoms with E-state index >= 15 is 0 Å². The second kappa shape index (κ2) is 5.74. The Morgan fingerprint density at radius 3 is 2.53 bits per heavy atom. The molecule has 3 nitrogen and oxygen atoms in total. The zero-order chi connectivity index (χ0) is 13.1. The minimum atomic E-state index is 0.112. The van der Waals surface area contributed by atoms with Crippen molar-refractivity contribution in [1.29, 1.82) is 0 Å². The molecule has 2 N–H and O–H groups in total. The lowest BCUT2D eigenvalue weighted by Crippen LogP contribution is -2.36. The van der Waals surface area contributed by atoms with Crippen LogP contribution >= 0.6 is 15.9 Å². The van der Waals surface area contributed by atoms with Crippen LogP contribution in [0.25, 0.3) is 0 Å². The number of nitrogens with zero attached hydrogens (tertiary/aromatic N) is 1. The summed E-state index contributed by atoms with van der Waals surface area (Å²) in [5.41, 5.74) is 7.02. The van der Waals surface area contributed by atoms with Gasteiger partial charge in [-0.3, -0.25) is 0 Å². The first-order valence-corrected chi connectivity index (χ1v) is 6.43. The highest BCUT2D eigenvalue weighted by Gasteiger charge is 2.18. The molecule has 1 aromatic rings. The van der Waals surface area contributed by atoms with Gasteiger partial charge in [-0.2, -0.15) is 0 Å². The molecule has 0 saturated carbocycles. The summed E-state index contributed by atoms with van der Waals surface area (Å²) < 4.78 is 6.18. The third kappa shape index (κ3) is 3.89. The van der Waals surface area contributed by atoms with Crippen molar-refractivity contribution >= 4 is 21.6 Å². The Morgan fingerprint density at radius 1 is 1.41 bits per heavy atom. The van der Waals surface area contributed by atoms with Crippen LogP contribution in [-0.2, 0) is 0 Å². The molecular weight excluding hydrogens is 280 g/mol. The molecule has 0 amide bonds. The van der Waals surface area contributed by atoms with Gasteiger partial charge < -0.3 is 15.4 Å². The molecule has 4 heteroatoms. The SMILES string of the molecule is COc1ccc(N(C)CC(C)(C)CN)cc1Br. The van der Waals surface area contributed by atoms with Crippen molar-refractivity contribution in [3.8, 4) is 5.75 Å². The summed E-state index contributed by atoms with van der Waals surface area (Å²) in [6.45, 7) is 5.93. The monoisotopic (exact) mass is 300 g/mol. The van der Waals surface area contributed by atoms with Crippen molar-refractivity contribution < 1.29 is 4.74 Å². The Kier molecular flexibility index (Phi) is 4.83. The van der Waals surface area contributed by atoms with Crippen molar-refractivity contribution in [2.45, 2.75) is 13.8 Å². The topological polar surface area (TPSA) is 38.5 Å². The highest BCUT2D eigenvalue weighted by atomic mass is 79.9. The van der Waals surface area contributed by atoms with Gasteiger partial charge in [0.25, 0.3) is 0 Å². The van der Waals surface area contributed by atoms with E-state index in [0.717, 1.165) is 22.5 Å². The van der Waals surface area contributed by atoms with E-state index in [1.54, 1.807) is 7.11 Å². The predicted octanol–water partition coefficient (Wildman–Crippen LogP) is 2.88. The summed E-state index contributed by atoms with van der Waals surface area (Å²) >= 11 is 3.50. The van der Waals surface area contributed by atoms with Crippen molar-refractivity contribution in [3.05, 3.63) is 22.7 Å². The smallest absolute Gasteiger partial charge is 0.133 e. The van der Waals surface area contributed by atoms with Crippen LogP contribution in [0, 0.1) is 5.41 Å². The van der Waals surface area contributed by atoms with Gasteiger partial charge in [0.1, 0.15) is 5.75 Å². The molecule has 1 rings (SSSR count). The van der Waals surface area contributed by atoms with Gasteiger partial charge in [-0.05, 0) is 46.1 Å². The van der Waals surface area contributed by atoms with E-state index in [1.807, 2.05) is 6.07 Å². The molecular formula is C13H21BrN2O. The zero-order valence-electron chi connectivity index (χ0n) is 11.0. The fraction of sp³-hybridized carbons (Fsp3) is 0.538. The van der Waals surface area contributed by atoms with Crippen LogP contribution in [-0.4, -0.2) is 27.2 Å². The number of halogens is 1. The first-order valence-electron chi connectivity index (χ1n) is 5.64. The number of benzene rings is 1. The van der Waals surface area contributed by atoms with Gasteiger partial charge in [0.2, 0.25) is 0 Å². The number of hydrogen-bond acceptors (Lipinski definition) is 3. The van der Waals surface area contributed by atoms with Gasteiger partial charge in [-0.25, -0.2) is 0 Å². The average Bonchev–Trinajstić information content (AvgIpc) is 2.28. The first kappa shape index (κ1) is 14.3. The normalized spacial score (nSPS) is 11.4. The molecule has 0 fully saturated rings. The van der Waals surface area contributed by atoms with Crippen molar-refractivity contribution in [3.63, 3.8) is 0 Å². The van der Waals surface area contributed by atoms with Gasteiger partial charge in [-0.1, -0.05) is 13.8 Å². The Hall–Kier alpha value is -0.740. The molecule has 0 aromatic heterocycles. The van der Waals surface area contributed by atoms with E-state index in [1.165, 1.54) is 0 Å². The van der Waals surface area contributed by atoms with Crippen molar-refractivity contribution in [1.82, 2.24) is 0 Å². The summed E-state index contributed by atoms with van der Waals surface area (Å²) in [4.78, 5) is 2.21.